The monoisotopic (exact) mass is 446 g/mol. The molecule has 0 N–H and O–H groups in total. The number of anilines is 2. The molecule has 172 valence electrons. The number of hydrazone groups is 1. The highest BCUT2D eigenvalue weighted by molar-refractivity contribution is 6.13. The Hall–Kier alpha value is -3.06. The summed E-state index contributed by atoms with van der Waals surface area (Å²) in [5.74, 6) is 0.829. The fraction of sp³-hybridized carbons (Fsp3) is 0.462. The first kappa shape index (κ1) is 21.8. The number of ether oxygens (including phenoxy) is 1. The zero-order valence-corrected chi connectivity index (χ0v) is 19.1. The summed E-state index contributed by atoms with van der Waals surface area (Å²) in [6.07, 6.45) is 9.61. The van der Waals surface area contributed by atoms with Crippen molar-refractivity contribution >= 4 is 29.5 Å². The molecule has 2 aliphatic heterocycles. The van der Waals surface area contributed by atoms with Gasteiger partial charge in [0.2, 0.25) is 0 Å². The fourth-order valence-electron chi connectivity index (χ4n) is 5.13. The van der Waals surface area contributed by atoms with E-state index in [4.69, 9.17) is 9.84 Å². The Morgan fingerprint density at radius 1 is 1.03 bits per heavy atom. The van der Waals surface area contributed by atoms with E-state index < -0.39 is 0 Å². The average Bonchev–Trinajstić information content (AvgIpc) is 2.99. The molecule has 2 fully saturated rings. The number of nitrogens with zero attached hydrogens (tertiary/aromatic N) is 4. The summed E-state index contributed by atoms with van der Waals surface area (Å²) < 4.78 is 5.57. The molecule has 2 aromatic rings. The van der Waals surface area contributed by atoms with E-state index in [0.717, 1.165) is 54.5 Å². The highest BCUT2D eigenvalue weighted by atomic mass is 16.5. The molecule has 0 unspecified atom stereocenters. The Kier molecular flexibility index (Phi) is 6.22. The summed E-state index contributed by atoms with van der Waals surface area (Å²) in [5, 5.41) is 6.80. The van der Waals surface area contributed by atoms with Crippen LogP contribution in [-0.2, 0) is 4.74 Å². The van der Waals surface area contributed by atoms with E-state index in [0.29, 0.717) is 30.5 Å². The summed E-state index contributed by atoms with van der Waals surface area (Å²) in [6.45, 7) is 3.28. The summed E-state index contributed by atoms with van der Waals surface area (Å²) in [7, 11) is 0. The third-order valence-corrected chi connectivity index (χ3v) is 6.94. The van der Waals surface area contributed by atoms with Crippen molar-refractivity contribution in [3.63, 3.8) is 0 Å². The summed E-state index contributed by atoms with van der Waals surface area (Å²) in [4.78, 5) is 31.4. The van der Waals surface area contributed by atoms with Crippen LogP contribution in [0.3, 0.4) is 0 Å². The molecule has 0 spiro atoms. The molecule has 0 atom stereocenters. The van der Waals surface area contributed by atoms with E-state index in [1.54, 1.807) is 22.0 Å². The van der Waals surface area contributed by atoms with Gasteiger partial charge >= 0.3 is 6.03 Å². The van der Waals surface area contributed by atoms with Crippen LogP contribution in [0.15, 0.2) is 41.6 Å². The van der Waals surface area contributed by atoms with Crippen molar-refractivity contribution < 1.29 is 14.3 Å². The number of urea groups is 1. The smallest absolute Gasteiger partial charge is 0.351 e. The Balaban J connectivity index is 1.67. The molecule has 1 saturated heterocycles. The van der Waals surface area contributed by atoms with Crippen LogP contribution >= 0.6 is 0 Å². The SMILES string of the molecule is Cc1ccc2c(c1)N(c1ccc(C=O)cn1)C(=O)N(C1CCOCC1)N=C2C1CCCCC1. The minimum absolute atomic E-state index is 0.0167. The van der Waals surface area contributed by atoms with Crippen molar-refractivity contribution in [3.8, 4) is 0 Å². The number of fused-ring (bicyclic) bond motifs is 1. The standard InChI is InChI=1S/C26H30N4O3/c1-18-7-9-22-23(15-18)29(24-10-8-19(17-31)16-27-24)26(32)30(21-11-13-33-14-12-21)28-25(22)20-5-3-2-4-6-20/h7-10,15-17,20-21H,2-6,11-14H2,1H3. The predicted octanol–water partition coefficient (Wildman–Crippen LogP) is 5.24. The normalized spacial score (nSPS) is 20.3. The Bertz CT molecular complexity index is 1050. The molecule has 0 bridgehead atoms. The molecule has 3 aliphatic rings. The zero-order chi connectivity index (χ0) is 22.8. The first-order valence-corrected chi connectivity index (χ1v) is 12.0. The van der Waals surface area contributed by atoms with Crippen LogP contribution in [-0.4, -0.2) is 47.3 Å². The molecule has 0 radical (unpaired) electrons. The lowest BCUT2D eigenvalue weighted by atomic mass is 9.82. The summed E-state index contributed by atoms with van der Waals surface area (Å²) in [6, 6.07) is 9.46. The van der Waals surface area contributed by atoms with Crippen LogP contribution in [0.4, 0.5) is 16.3 Å². The zero-order valence-electron chi connectivity index (χ0n) is 19.1. The maximum atomic E-state index is 14.1. The van der Waals surface area contributed by atoms with E-state index in [1.165, 1.54) is 25.5 Å². The van der Waals surface area contributed by atoms with E-state index in [-0.39, 0.29) is 12.1 Å². The topological polar surface area (TPSA) is 75.1 Å². The molecule has 33 heavy (non-hydrogen) atoms. The van der Waals surface area contributed by atoms with Crippen molar-refractivity contribution in [2.45, 2.75) is 57.9 Å². The van der Waals surface area contributed by atoms with Gasteiger partial charge in [0.1, 0.15) is 5.82 Å². The van der Waals surface area contributed by atoms with Gasteiger partial charge < -0.3 is 4.74 Å². The fourth-order valence-corrected chi connectivity index (χ4v) is 5.13. The van der Waals surface area contributed by atoms with Gasteiger partial charge in [0, 0.05) is 36.5 Å². The Morgan fingerprint density at radius 3 is 2.52 bits per heavy atom. The lowest BCUT2D eigenvalue weighted by Crippen LogP contribution is -2.45. The van der Waals surface area contributed by atoms with E-state index >= 15 is 0 Å². The number of aldehydes is 1. The Morgan fingerprint density at radius 2 is 1.82 bits per heavy atom. The maximum Gasteiger partial charge on any atom is 0.351 e. The minimum Gasteiger partial charge on any atom is -0.381 e. The second kappa shape index (κ2) is 9.43. The van der Waals surface area contributed by atoms with Gasteiger partial charge in [-0.3, -0.25) is 4.79 Å². The molecule has 1 aromatic heterocycles. The van der Waals surface area contributed by atoms with Crippen molar-refractivity contribution in [2.75, 3.05) is 18.1 Å². The van der Waals surface area contributed by atoms with Gasteiger partial charge in [-0.1, -0.05) is 31.4 Å². The van der Waals surface area contributed by atoms with Crippen molar-refractivity contribution in [2.24, 2.45) is 11.0 Å². The number of amides is 2. The van der Waals surface area contributed by atoms with Crippen LogP contribution in [0.1, 0.15) is 66.4 Å². The van der Waals surface area contributed by atoms with Crippen LogP contribution < -0.4 is 4.90 Å². The molecule has 5 rings (SSSR count). The molecule has 1 aliphatic carbocycles. The van der Waals surface area contributed by atoms with Gasteiger partial charge in [-0.25, -0.2) is 19.7 Å². The molecule has 2 amide bonds. The lowest BCUT2D eigenvalue weighted by molar-refractivity contribution is 0.0480. The second-order valence-corrected chi connectivity index (χ2v) is 9.21. The summed E-state index contributed by atoms with van der Waals surface area (Å²) in [5.41, 5.74) is 4.36. The van der Waals surface area contributed by atoms with Gasteiger partial charge in [0.05, 0.1) is 17.4 Å². The van der Waals surface area contributed by atoms with E-state index in [2.05, 4.69) is 17.1 Å². The number of benzene rings is 1. The number of hydrogen-bond donors (Lipinski definition) is 0. The largest absolute Gasteiger partial charge is 0.381 e. The molecule has 3 heterocycles. The number of carbonyl (C=O) groups is 2. The predicted molar refractivity (Wildman–Crippen MR) is 127 cm³/mol. The number of pyridine rings is 1. The number of aromatic nitrogens is 1. The van der Waals surface area contributed by atoms with E-state index in [9.17, 15) is 9.59 Å². The third kappa shape index (κ3) is 4.29. The number of rotatable bonds is 4. The molecule has 1 saturated carbocycles. The summed E-state index contributed by atoms with van der Waals surface area (Å²) >= 11 is 0. The molecular weight excluding hydrogens is 416 g/mol. The van der Waals surface area contributed by atoms with Gasteiger partial charge in [-0.2, -0.15) is 5.10 Å². The van der Waals surface area contributed by atoms with Crippen LogP contribution in [0.2, 0.25) is 0 Å². The van der Waals surface area contributed by atoms with Gasteiger partial charge in [-0.05, 0) is 56.4 Å². The first-order valence-electron chi connectivity index (χ1n) is 12.0. The lowest BCUT2D eigenvalue weighted by Gasteiger charge is -2.33. The van der Waals surface area contributed by atoms with Gasteiger partial charge in [-0.15, -0.1) is 0 Å². The molecular formula is C26H30N4O3. The maximum absolute atomic E-state index is 14.1. The number of hydrogen-bond acceptors (Lipinski definition) is 5. The molecule has 1 aromatic carbocycles. The second-order valence-electron chi connectivity index (χ2n) is 9.21. The van der Waals surface area contributed by atoms with Crippen molar-refractivity contribution in [1.82, 2.24) is 9.99 Å². The minimum atomic E-state index is -0.203. The number of carbonyl (C=O) groups excluding carboxylic acids is 2. The van der Waals surface area contributed by atoms with Gasteiger partial charge in [0.25, 0.3) is 0 Å². The van der Waals surface area contributed by atoms with Crippen molar-refractivity contribution in [3.05, 3.63) is 53.2 Å². The first-order chi connectivity index (χ1) is 16.2. The van der Waals surface area contributed by atoms with Crippen molar-refractivity contribution in [1.29, 1.82) is 0 Å². The Labute approximate surface area is 194 Å². The molecule has 7 nitrogen and oxygen atoms in total. The highest BCUT2D eigenvalue weighted by Gasteiger charge is 2.38. The molecule has 7 heteroatoms. The van der Waals surface area contributed by atoms with Crippen LogP contribution in [0.5, 0.6) is 0 Å². The van der Waals surface area contributed by atoms with Crippen LogP contribution in [0, 0.1) is 12.8 Å². The highest BCUT2D eigenvalue weighted by Crippen LogP contribution is 2.38. The quantitative estimate of drug-likeness (QED) is 0.602. The van der Waals surface area contributed by atoms with Gasteiger partial charge in [0.15, 0.2) is 6.29 Å². The average molecular weight is 447 g/mol. The van der Waals surface area contributed by atoms with Crippen LogP contribution in [0.25, 0.3) is 0 Å². The van der Waals surface area contributed by atoms with E-state index in [1.807, 2.05) is 13.0 Å². The number of aryl methyl sites for hydroxylation is 1. The third-order valence-electron chi connectivity index (χ3n) is 6.94.